The monoisotopic (exact) mass is 1140 g/mol. The Morgan fingerprint density at radius 3 is 1.91 bits per heavy atom. The smallest absolute Gasteiger partial charge is 0.407 e. The second-order valence-corrected chi connectivity index (χ2v) is 34.1. The van der Waals surface area contributed by atoms with Crippen LogP contribution in [0, 0.1) is 0 Å². The number of fused-ring (bicyclic) bond motifs is 3. The van der Waals surface area contributed by atoms with Gasteiger partial charge in [-0.2, -0.15) is 0 Å². The molecule has 2 aliphatic rings. The number of nitrogens with one attached hydrogen (secondary N) is 1. The first-order valence-corrected chi connectivity index (χ1v) is 32.4. The predicted molar refractivity (Wildman–Crippen MR) is 308 cm³/mol. The molecule has 2 amide bonds. The summed E-state index contributed by atoms with van der Waals surface area (Å²) in [6.45, 7) is 27.1. The SMILES string of the molecule is COC(=O)[C@H](CCCCN=c1cc(N(CO[Si](C(C)C)(C(C)C)C(C)C)C(=O)c2ccc(Br)cc2)ccn1[C@@H]1O[C@H](CO)C[C@H]1OCO[Si](C(C)C)(C(C)C)C(C)C)NC(=O)OCC1c2ccccc2-c2ccccc21. The fourth-order valence-electron chi connectivity index (χ4n) is 12.5. The number of ether oxygens (including phenoxy) is 4. The molecule has 1 aliphatic carbocycles. The van der Waals surface area contributed by atoms with Crippen LogP contribution in [0.1, 0.15) is 142 Å². The standard InChI is InChI=1S/C59H85BrN4O10Si2/c1-38(2)75(39(3)4,40(5)6)72-36-64(56(66)44-25-27-45(60)28-26-44)46-29-31-63(57-54(33-47(34-65)74-57)71-37-73-76(41(7)8,42(9)10)43(11)12)55(32-46)61-30-19-18-24-53(58(67)69-13)62-59(68)70-35-52-50-22-16-14-20-48(50)49-21-15-17-23-51(49)52/h14-17,20-23,25-29,31-32,38-43,47,52-54,57,65H,18-19,24,30,33-37H2,1-13H3,(H,62,68)/t47-,53-,54+,57+/m0/s1. The molecule has 1 fully saturated rings. The van der Waals surface area contributed by atoms with Crippen molar-refractivity contribution in [1.82, 2.24) is 9.88 Å². The van der Waals surface area contributed by atoms with Crippen molar-refractivity contribution in [2.45, 2.75) is 172 Å². The van der Waals surface area contributed by atoms with Crippen LogP contribution in [0.4, 0.5) is 10.5 Å². The molecule has 416 valence electrons. The van der Waals surface area contributed by atoms with Crippen molar-refractivity contribution in [3.63, 3.8) is 0 Å². The first-order valence-electron chi connectivity index (χ1n) is 27.4. The highest BCUT2D eigenvalue weighted by Crippen LogP contribution is 2.46. The van der Waals surface area contributed by atoms with Gasteiger partial charge in [-0.15, -0.1) is 0 Å². The predicted octanol–water partition coefficient (Wildman–Crippen LogP) is 13.0. The number of aliphatic hydroxyl groups is 1. The van der Waals surface area contributed by atoms with Crippen molar-refractivity contribution in [2.24, 2.45) is 4.99 Å². The van der Waals surface area contributed by atoms with E-state index in [2.05, 4.69) is 129 Å². The first kappa shape index (κ1) is 60.8. The Kier molecular flexibility index (Phi) is 21.9. The molecule has 0 saturated carbocycles. The molecule has 14 nitrogen and oxygen atoms in total. The number of benzene rings is 3. The molecule has 0 bridgehead atoms. The zero-order chi connectivity index (χ0) is 55.5. The quantitative estimate of drug-likeness (QED) is 0.0268. The summed E-state index contributed by atoms with van der Waals surface area (Å²) in [5, 5.41) is 13.2. The minimum Gasteiger partial charge on any atom is -0.467 e. The Labute approximate surface area is 462 Å². The van der Waals surface area contributed by atoms with Gasteiger partial charge in [0.05, 0.1) is 25.5 Å². The highest BCUT2D eigenvalue weighted by atomic mass is 79.9. The molecule has 0 radical (unpaired) electrons. The van der Waals surface area contributed by atoms with Gasteiger partial charge in [-0.05, 0) is 105 Å². The molecule has 76 heavy (non-hydrogen) atoms. The number of anilines is 1. The topological polar surface area (TPSA) is 159 Å². The maximum atomic E-state index is 14.8. The second kappa shape index (κ2) is 27.4. The summed E-state index contributed by atoms with van der Waals surface area (Å²) in [4.78, 5) is 48.1. The van der Waals surface area contributed by atoms with Gasteiger partial charge in [-0.3, -0.25) is 14.7 Å². The van der Waals surface area contributed by atoms with E-state index < -0.39 is 53.2 Å². The summed E-state index contributed by atoms with van der Waals surface area (Å²) in [5.41, 5.74) is 7.94. The van der Waals surface area contributed by atoms with Crippen LogP contribution in [0.5, 0.6) is 0 Å². The van der Waals surface area contributed by atoms with Crippen molar-refractivity contribution in [3.05, 3.63) is 118 Å². The number of amides is 2. The summed E-state index contributed by atoms with van der Waals surface area (Å²) >= 11 is 3.53. The number of carbonyl (C=O) groups excluding carboxylic acids is 3. The lowest BCUT2D eigenvalue weighted by Gasteiger charge is -2.43. The van der Waals surface area contributed by atoms with Crippen LogP contribution in [0.2, 0.25) is 33.2 Å². The maximum absolute atomic E-state index is 14.8. The first-order chi connectivity index (χ1) is 36.2. The number of hydrogen-bond acceptors (Lipinski definition) is 11. The molecule has 2 heterocycles. The fourth-order valence-corrected chi connectivity index (χ4v) is 23.3. The molecular formula is C59H85BrN4O10Si2. The lowest BCUT2D eigenvalue weighted by atomic mass is 9.98. The lowest BCUT2D eigenvalue weighted by molar-refractivity contribution is -0.143. The largest absolute Gasteiger partial charge is 0.467 e. The summed E-state index contributed by atoms with van der Waals surface area (Å²) in [5.74, 6) is -0.932. The number of alkyl carbamates (subject to hydrolysis) is 1. The normalized spacial score (nSPS) is 17.5. The van der Waals surface area contributed by atoms with E-state index in [-0.39, 0.29) is 61.6 Å². The molecule has 4 aromatic rings. The molecule has 1 aromatic heterocycles. The third kappa shape index (κ3) is 13.7. The van der Waals surface area contributed by atoms with Gasteiger partial charge in [-0.25, -0.2) is 9.59 Å². The molecule has 0 spiro atoms. The minimum absolute atomic E-state index is 0.0352. The third-order valence-corrected chi connectivity index (χ3v) is 28.6. The number of aliphatic hydroxyl groups excluding tert-OH is 1. The van der Waals surface area contributed by atoms with E-state index >= 15 is 0 Å². The molecule has 17 heteroatoms. The minimum atomic E-state index is -2.46. The number of pyridine rings is 1. The molecule has 2 N–H and O–H groups in total. The van der Waals surface area contributed by atoms with Crippen molar-refractivity contribution in [2.75, 3.05) is 45.3 Å². The molecule has 1 aliphatic heterocycles. The van der Waals surface area contributed by atoms with Gasteiger partial charge < -0.3 is 42.8 Å². The Balaban J connectivity index is 1.29. The molecule has 6 rings (SSSR count). The highest BCUT2D eigenvalue weighted by Gasteiger charge is 2.47. The number of nitrogens with zero attached hydrogens (tertiary/aromatic N) is 3. The number of rotatable bonds is 26. The van der Waals surface area contributed by atoms with E-state index in [0.717, 1.165) is 26.7 Å². The van der Waals surface area contributed by atoms with Gasteiger partial charge in [0.1, 0.15) is 37.8 Å². The molecule has 0 unspecified atom stereocenters. The van der Waals surface area contributed by atoms with Gasteiger partial charge in [0.2, 0.25) is 16.6 Å². The zero-order valence-corrected chi connectivity index (χ0v) is 50.8. The number of aromatic nitrogens is 1. The summed E-state index contributed by atoms with van der Waals surface area (Å²) in [6.07, 6.45) is 1.22. The summed E-state index contributed by atoms with van der Waals surface area (Å²) in [6, 6.07) is 26.4. The van der Waals surface area contributed by atoms with Crippen LogP contribution in [-0.4, -0.2) is 103 Å². The molecule has 1 saturated heterocycles. The number of halogens is 1. The average Bonchev–Trinajstić information content (AvgIpc) is 3.95. The Morgan fingerprint density at radius 1 is 0.789 bits per heavy atom. The van der Waals surface area contributed by atoms with E-state index in [4.69, 9.17) is 32.8 Å². The van der Waals surface area contributed by atoms with Crippen molar-refractivity contribution >= 4 is 56.2 Å². The highest BCUT2D eigenvalue weighted by molar-refractivity contribution is 9.10. The van der Waals surface area contributed by atoms with Crippen molar-refractivity contribution < 1.29 is 47.3 Å². The van der Waals surface area contributed by atoms with Gasteiger partial charge in [0.25, 0.3) is 5.91 Å². The summed E-state index contributed by atoms with van der Waals surface area (Å²) in [7, 11) is -3.43. The van der Waals surface area contributed by atoms with Crippen LogP contribution >= 0.6 is 15.9 Å². The van der Waals surface area contributed by atoms with E-state index in [1.165, 1.54) is 7.11 Å². The van der Waals surface area contributed by atoms with Crippen molar-refractivity contribution in [3.8, 4) is 11.1 Å². The average molecular weight is 1150 g/mol. The number of unbranched alkanes of at least 4 members (excludes halogenated alkanes) is 1. The molecule has 4 atom stereocenters. The van der Waals surface area contributed by atoms with Crippen LogP contribution in [0.3, 0.4) is 0 Å². The van der Waals surface area contributed by atoms with Crippen LogP contribution in [-0.2, 0) is 32.6 Å². The maximum Gasteiger partial charge on any atom is 0.407 e. The van der Waals surface area contributed by atoms with E-state index in [1.807, 2.05) is 59.3 Å². The van der Waals surface area contributed by atoms with E-state index in [9.17, 15) is 19.5 Å². The van der Waals surface area contributed by atoms with Gasteiger partial charge in [0, 0.05) is 41.2 Å². The van der Waals surface area contributed by atoms with Crippen molar-refractivity contribution in [1.29, 1.82) is 0 Å². The van der Waals surface area contributed by atoms with E-state index in [1.54, 1.807) is 17.0 Å². The fraction of sp³-hybridized carbons (Fsp3) is 0.559. The third-order valence-electron chi connectivity index (χ3n) is 16.0. The van der Waals surface area contributed by atoms with Crippen LogP contribution in [0.15, 0.2) is 101 Å². The second-order valence-electron chi connectivity index (χ2n) is 22.3. The van der Waals surface area contributed by atoms with Crippen LogP contribution < -0.4 is 15.7 Å². The molecule has 3 aromatic carbocycles. The van der Waals surface area contributed by atoms with E-state index in [0.29, 0.717) is 59.2 Å². The van der Waals surface area contributed by atoms with Crippen LogP contribution in [0.25, 0.3) is 11.1 Å². The number of carbonyl (C=O) groups is 3. The van der Waals surface area contributed by atoms with Gasteiger partial charge >= 0.3 is 12.1 Å². The van der Waals surface area contributed by atoms with Gasteiger partial charge in [-0.1, -0.05) is 148 Å². The number of esters is 1. The Morgan fingerprint density at radius 2 is 1.36 bits per heavy atom. The molecular weight excluding hydrogens is 1060 g/mol. The number of hydrogen-bond donors (Lipinski definition) is 2. The lowest BCUT2D eigenvalue weighted by Crippen LogP contribution is -2.51. The zero-order valence-electron chi connectivity index (χ0n) is 47.2. The Bertz CT molecular complexity index is 2540. The Hall–Kier alpha value is -4.47. The van der Waals surface area contributed by atoms with Gasteiger partial charge in [0.15, 0.2) is 6.23 Å². The number of methoxy groups -OCH3 is 1. The summed E-state index contributed by atoms with van der Waals surface area (Å²) < 4.78 is 40.9.